The van der Waals surface area contributed by atoms with Gasteiger partial charge in [0.1, 0.15) is 0 Å². The molecule has 0 aliphatic heterocycles. The lowest BCUT2D eigenvalue weighted by atomic mass is 10.1. The van der Waals surface area contributed by atoms with Gasteiger partial charge < -0.3 is 15.2 Å². The van der Waals surface area contributed by atoms with E-state index in [-0.39, 0.29) is 0 Å². The number of nitrogen functional groups attached to an aromatic ring is 1. The van der Waals surface area contributed by atoms with Gasteiger partial charge in [-0.3, -0.25) is 4.90 Å². The lowest BCUT2D eigenvalue weighted by Crippen LogP contribution is -2.38. The highest BCUT2D eigenvalue weighted by atomic mass is 35.5. The fourth-order valence-electron chi connectivity index (χ4n) is 2.01. The monoisotopic (exact) mass is 286 g/mol. The zero-order valence-corrected chi connectivity index (χ0v) is 12.6. The van der Waals surface area contributed by atoms with Gasteiger partial charge in [-0.25, -0.2) is 0 Å². The van der Waals surface area contributed by atoms with Gasteiger partial charge in [0.15, 0.2) is 0 Å². The second kappa shape index (κ2) is 8.38. The van der Waals surface area contributed by atoms with Crippen LogP contribution in [0.4, 0.5) is 5.69 Å². The molecule has 0 bridgehead atoms. The first-order valence-electron chi connectivity index (χ1n) is 6.33. The Labute approximate surface area is 120 Å². The summed E-state index contributed by atoms with van der Waals surface area (Å²) in [5, 5.41) is 0.668. The van der Waals surface area contributed by atoms with Gasteiger partial charge in [0.2, 0.25) is 0 Å². The smallest absolute Gasteiger partial charge is 0.0615 e. The van der Waals surface area contributed by atoms with E-state index in [0.717, 1.165) is 18.7 Å². The van der Waals surface area contributed by atoms with Crippen LogP contribution in [0.15, 0.2) is 18.2 Å². The van der Waals surface area contributed by atoms with Gasteiger partial charge in [-0.2, -0.15) is 0 Å². The lowest BCUT2D eigenvalue weighted by molar-refractivity contribution is 0.0705. The fourth-order valence-corrected chi connectivity index (χ4v) is 2.28. The molecular formula is C14H23ClN2O2. The number of rotatable bonds is 8. The van der Waals surface area contributed by atoms with E-state index in [0.29, 0.717) is 30.0 Å². The number of nitrogens with two attached hydrogens (primary N) is 1. The van der Waals surface area contributed by atoms with Crippen molar-refractivity contribution in [2.45, 2.75) is 19.5 Å². The molecule has 1 aromatic carbocycles. The predicted molar refractivity (Wildman–Crippen MR) is 79.5 cm³/mol. The zero-order chi connectivity index (χ0) is 14.3. The topological polar surface area (TPSA) is 47.7 Å². The molecule has 19 heavy (non-hydrogen) atoms. The maximum absolute atomic E-state index is 6.03. The molecule has 0 amide bonds. The van der Waals surface area contributed by atoms with Crippen LogP contribution in [0.1, 0.15) is 12.5 Å². The first kappa shape index (κ1) is 16.2. The first-order valence-corrected chi connectivity index (χ1v) is 6.71. The molecule has 1 rings (SSSR count). The largest absolute Gasteiger partial charge is 0.399 e. The van der Waals surface area contributed by atoms with Crippen LogP contribution in [0.3, 0.4) is 0 Å². The highest BCUT2D eigenvalue weighted by molar-refractivity contribution is 6.30. The molecule has 1 aromatic rings. The molecule has 0 aliphatic rings. The van der Waals surface area contributed by atoms with Crippen LogP contribution in [-0.2, 0) is 16.0 Å². The normalized spacial score (nSPS) is 12.9. The van der Waals surface area contributed by atoms with Gasteiger partial charge in [-0.05, 0) is 30.7 Å². The maximum Gasteiger partial charge on any atom is 0.0615 e. The molecule has 0 spiro atoms. The minimum Gasteiger partial charge on any atom is -0.399 e. The Hall–Kier alpha value is -0.810. The van der Waals surface area contributed by atoms with Gasteiger partial charge in [0.25, 0.3) is 0 Å². The van der Waals surface area contributed by atoms with Crippen molar-refractivity contribution in [1.82, 2.24) is 4.90 Å². The van der Waals surface area contributed by atoms with Crippen LogP contribution >= 0.6 is 11.6 Å². The summed E-state index contributed by atoms with van der Waals surface area (Å²) >= 11 is 6.03. The Morgan fingerprint density at radius 1 is 1.26 bits per heavy atom. The lowest BCUT2D eigenvalue weighted by Gasteiger charge is -2.28. The van der Waals surface area contributed by atoms with E-state index in [1.165, 1.54) is 0 Å². The van der Waals surface area contributed by atoms with Gasteiger partial charge in [0, 0.05) is 44.1 Å². The number of methoxy groups -OCH3 is 2. The van der Waals surface area contributed by atoms with E-state index >= 15 is 0 Å². The Balaban J connectivity index is 2.74. The van der Waals surface area contributed by atoms with Gasteiger partial charge in [-0.1, -0.05) is 11.6 Å². The van der Waals surface area contributed by atoms with E-state index < -0.39 is 0 Å². The van der Waals surface area contributed by atoms with Crippen molar-refractivity contribution in [1.29, 1.82) is 0 Å². The number of hydrogen-bond acceptors (Lipinski definition) is 4. The van der Waals surface area contributed by atoms with Crippen LogP contribution in [0, 0.1) is 0 Å². The summed E-state index contributed by atoms with van der Waals surface area (Å²) in [4.78, 5) is 2.29. The average Bonchev–Trinajstić information content (AvgIpc) is 2.33. The van der Waals surface area contributed by atoms with Crippen LogP contribution in [0.5, 0.6) is 0 Å². The van der Waals surface area contributed by atoms with Crippen molar-refractivity contribution >= 4 is 17.3 Å². The van der Waals surface area contributed by atoms with Gasteiger partial charge >= 0.3 is 0 Å². The summed E-state index contributed by atoms with van der Waals surface area (Å²) in [6.07, 6.45) is 0. The molecule has 5 heteroatoms. The van der Waals surface area contributed by atoms with E-state index in [2.05, 4.69) is 11.8 Å². The number of halogens is 1. The standard InChI is InChI=1S/C14H23ClN2O2/c1-11(10-19-3)17(4-5-18-2)9-12-6-13(15)8-14(16)7-12/h6-8,11H,4-5,9-10,16H2,1-3H3. The van der Waals surface area contributed by atoms with Crippen molar-refractivity contribution in [2.75, 3.05) is 39.7 Å². The van der Waals surface area contributed by atoms with E-state index in [4.69, 9.17) is 26.8 Å². The molecule has 2 N–H and O–H groups in total. The fraction of sp³-hybridized carbons (Fsp3) is 0.571. The molecular weight excluding hydrogens is 264 g/mol. The summed E-state index contributed by atoms with van der Waals surface area (Å²) in [6, 6.07) is 5.95. The summed E-state index contributed by atoms with van der Waals surface area (Å²) < 4.78 is 10.4. The SMILES string of the molecule is COCCN(Cc1cc(N)cc(Cl)c1)C(C)COC. The maximum atomic E-state index is 6.03. The minimum atomic E-state index is 0.306. The predicted octanol–water partition coefficient (Wildman–Crippen LogP) is 2.41. The number of anilines is 1. The van der Waals surface area contributed by atoms with Gasteiger partial charge in [-0.15, -0.1) is 0 Å². The molecule has 0 fully saturated rings. The van der Waals surface area contributed by atoms with Crippen molar-refractivity contribution in [3.8, 4) is 0 Å². The third kappa shape index (κ3) is 5.78. The molecule has 0 radical (unpaired) electrons. The Bertz CT molecular complexity index is 367. The Morgan fingerprint density at radius 2 is 2.00 bits per heavy atom. The second-order valence-corrected chi connectivity index (χ2v) is 5.10. The number of ether oxygens (including phenoxy) is 2. The number of benzene rings is 1. The van der Waals surface area contributed by atoms with Crippen molar-refractivity contribution in [3.05, 3.63) is 28.8 Å². The van der Waals surface area contributed by atoms with Crippen LogP contribution in [0.25, 0.3) is 0 Å². The molecule has 108 valence electrons. The molecule has 0 aromatic heterocycles. The minimum absolute atomic E-state index is 0.306. The Kier molecular flexibility index (Phi) is 7.16. The van der Waals surface area contributed by atoms with Crippen LogP contribution in [-0.4, -0.2) is 44.9 Å². The quantitative estimate of drug-likeness (QED) is 0.746. The van der Waals surface area contributed by atoms with Crippen molar-refractivity contribution < 1.29 is 9.47 Å². The summed E-state index contributed by atoms with van der Waals surface area (Å²) in [5.41, 5.74) is 7.61. The summed E-state index contributed by atoms with van der Waals surface area (Å²) in [6.45, 7) is 5.11. The second-order valence-electron chi connectivity index (χ2n) is 4.66. The van der Waals surface area contributed by atoms with E-state index in [1.807, 2.05) is 12.1 Å². The molecule has 0 heterocycles. The first-order chi connectivity index (χ1) is 9.06. The molecule has 0 aliphatic carbocycles. The van der Waals surface area contributed by atoms with Crippen molar-refractivity contribution in [2.24, 2.45) is 0 Å². The molecule has 0 saturated heterocycles. The number of hydrogen-bond donors (Lipinski definition) is 1. The van der Waals surface area contributed by atoms with Crippen LogP contribution in [0.2, 0.25) is 5.02 Å². The molecule has 0 saturated carbocycles. The summed E-state index contributed by atoms with van der Waals surface area (Å²) in [5.74, 6) is 0. The average molecular weight is 287 g/mol. The molecule has 1 atom stereocenters. The highest BCUT2D eigenvalue weighted by Gasteiger charge is 2.14. The third-order valence-electron chi connectivity index (χ3n) is 2.98. The molecule has 1 unspecified atom stereocenters. The summed E-state index contributed by atoms with van der Waals surface area (Å²) in [7, 11) is 3.42. The number of nitrogens with zero attached hydrogens (tertiary/aromatic N) is 1. The van der Waals surface area contributed by atoms with Gasteiger partial charge in [0.05, 0.1) is 13.2 Å². The zero-order valence-electron chi connectivity index (χ0n) is 11.9. The van der Waals surface area contributed by atoms with E-state index in [9.17, 15) is 0 Å². The van der Waals surface area contributed by atoms with Crippen molar-refractivity contribution in [3.63, 3.8) is 0 Å². The third-order valence-corrected chi connectivity index (χ3v) is 3.20. The Morgan fingerprint density at radius 3 is 2.58 bits per heavy atom. The van der Waals surface area contributed by atoms with E-state index in [1.54, 1.807) is 20.3 Å². The van der Waals surface area contributed by atoms with Crippen LogP contribution < -0.4 is 5.73 Å². The highest BCUT2D eigenvalue weighted by Crippen LogP contribution is 2.18. The molecule has 4 nitrogen and oxygen atoms in total.